The van der Waals surface area contributed by atoms with E-state index in [9.17, 15) is 0 Å². The summed E-state index contributed by atoms with van der Waals surface area (Å²) in [5.41, 5.74) is 22.6. The monoisotopic (exact) mass is 756 g/mol. The Labute approximate surface area is 346 Å². The number of hydrogen-bond donors (Lipinski definition) is 0. The molecule has 0 saturated carbocycles. The van der Waals surface area contributed by atoms with Gasteiger partial charge in [0, 0.05) is 58.4 Å². The Morgan fingerprint density at radius 2 is 0.603 bits per heavy atom. The smallest absolute Gasteiger partial charge is 0.0450 e. The van der Waals surface area contributed by atoms with Gasteiger partial charge >= 0.3 is 0 Å². The zero-order valence-electron chi connectivity index (χ0n) is 35.9. The topological polar surface area (TPSA) is 9.86 Å². The third kappa shape index (κ3) is 7.77. The van der Waals surface area contributed by atoms with Crippen LogP contribution in [-0.4, -0.2) is 9.13 Å². The van der Waals surface area contributed by atoms with Crippen molar-refractivity contribution < 1.29 is 0 Å². The first-order valence-corrected chi connectivity index (χ1v) is 20.6. The van der Waals surface area contributed by atoms with Gasteiger partial charge in [-0.25, -0.2) is 0 Å². The first-order chi connectivity index (χ1) is 27.6. The van der Waals surface area contributed by atoms with E-state index < -0.39 is 0 Å². The fraction of sp³-hybridized carbons (Fsp3) is 0.214. The molecule has 2 aromatic heterocycles. The van der Waals surface area contributed by atoms with E-state index in [0.717, 1.165) is 11.4 Å². The zero-order valence-corrected chi connectivity index (χ0v) is 35.9. The van der Waals surface area contributed by atoms with Gasteiger partial charge < -0.3 is 9.13 Å². The molecule has 290 valence electrons. The summed E-state index contributed by atoms with van der Waals surface area (Å²) in [5.74, 6) is 0. The molecule has 2 heterocycles. The van der Waals surface area contributed by atoms with E-state index in [1.165, 1.54) is 89.0 Å². The second-order valence-corrected chi connectivity index (χ2v) is 18.4. The van der Waals surface area contributed by atoms with Crippen molar-refractivity contribution in [2.45, 2.75) is 80.1 Å². The summed E-state index contributed by atoms with van der Waals surface area (Å²) in [5, 5.41) is 0. The van der Waals surface area contributed by atoms with Crippen LogP contribution in [0.2, 0.25) is 0 Å². The normalized spacial score (nSPS) is 12.0. The highest BCUT2D eigenvalue weighted by Crippen LogP contribution is 2.40. The van der Waals surface area contributed by atoms with Gasteiger partial charge in [0.2, 0.25) is 0 Å². The third-order valence-electron chi connectivity index (χ3n) is 11.8. The summed E-state index contributed by atoms with van der Waals surface area (Å²) < 4.78 is 4.56. The SMILES string of the molecule is Cc1ccc(-c2cn(-c3ccc(C(C)(C)C)cc3)cc2-c2ccc(-c3ccc(-c4cn(-c5ccc(C(C)(C)C)cc5)cc4-c4ccc(C)cc4)cc3C)c(C)c2)cc1. The predicted octanol–water partition coefficient (Wildman–Crippen LogP) is 15.4. The number of benzene rings is 6. The van der Waals surface area contributed by atoms with E-state index in [1.54, 1.807) is 0 Å². The second-order valence-electron chi connectivity index (χ2n) is 18.4. The highest BCUT2D eigenvalue weighted by atomic mass is 15.0. The molecule has 0 amide bonds. The molecule has 0 spiro atoms. The molecule has 0 aliphatic carbocycles. The van der Waals surface area contributed by atoms with Gasteiger partial charge in [-0.2, -0.15) is 0 Å². The van der Waals surface area contributed by atoms with Gasteiger partial charge in [0.25, 0.3) is 0 Å². The van der Waals surface area contributed by atoms with Crippen LogP contribution in [0.3, 0.4) is 0 Å². The molecule has 0 aliphatic heterocycles. The Kier molecular flexibility index (Phi) is 10.0. The molecule has 0 N–H and O–H groups in total. The van der Waals surface area contributed by atoms with Crippen molar-refractivity contribution in [3.8, 4) is 67.0 Å². The quantitative estimate of drug-likeness (QED) is 0.153. The van der Waals surface area contributed by atoms with Crippen molar-refractivity contribution in [2.24, 2.45) is 0 Å². The molecule has 0 bridgehead atoms. The third-order valence-corrected chi connectivity index (χ3v) is 11.8. The maximum absolute atomic E-state index is 2.36. The maximum Gasteiger partial charge on any atom is 0.0450 e. The number of aryl methyl sites for hydroxylation is 4. The minimum Gasteiger partial charge on any atom is -0.323 e. The van der Waals surface area contributed by atoms with E-state index in [-0.39, 0.29) is 10.8 Å². The Bertz CT molecular complexity index is 2530. The number of rotatable bonds is 7. The minimum atomic E-state index is 0.112. The van der Waals surface area contributed by atoms with Gasteiger partial charge in [-0.05, 0) is 118 Å². The average molecular weight is 757 g/mol. The van der Waals surface area contributed by atoms with Gasteiger partial charge in [-0.15, -0.1) is 0 Å². The van der Waals surface area contributed by atoms with Gasteiger partial charge in [0.15, 0.2) is 0 Å². The highest BCUT2D eigenvalue weighted by molar-refractivity contribution is 5.88. The molecule has 0 aliphatic rings. The molecule has 0 atom stereocenters. The largest absolute Gasteiger partial charge is 0.323 e. The predicted molar refractivity (Wildman–Crippen MR) is 249 cm³/mol. The summed E-state index contributed by atoms with van der Waals surface area (Å²) in [6.07, 6.45) is 9.17. The summed E-state index contributed by atoms with van der Waals surface area (Å²) in [4.78, 5) is 0. The summed E-state index contributed by atoms with van der Waals surface area (Å²) in [6.45, 7) is 22.4. The highest BCUT2D eigenvalue weighted by Gasteiger charge is 2.19. The van der Waals surface area contributed by atoms with Crippen LogP contribution < -0.4 is 0 Å². The van der Waals surface area contributed by atoms with Crippen LogP contribution in [0.15, 0.2) is 158 Å². The van der Waals surface area contributed by atoms with Crippen molar-refractivity contribution in [1.82, 2.24) is 9.13 Å². The lowest BCUT2D eigenvalue weighted by atomic mass is 9.87. The first kappa shape index (κ1) is 38.7. The van der Waals surface area contributed by atoms with Crippen LogP contribution >= 0.6 is 0 Å². The van der Waals surface area contributed by atoms with E-state index in [2.05, 4.69) is 237 Å². The van der Waals surface area contributed by atoms with Crippen molar-refractivity contribution in [3.05, 3.63) is 192 Å². The molecule has 6 aromatic carbocycles. The molecule has 8 aromatic rings. The number of nitrogens with zero attached hydrogens (tertiary/aromatic N) is 2. The van der Waals surface area contributed by atoms with Crippen LogP contribution in [0.4, 0.5) is 0 Å². The van der Waals surface area contributed by atoms with Crippen LogP contribution in [0.5, 0.6) is 0 Å². The van der Waals surface area contributed by atoms with Crippen molar-refractivity contribution in [1.29, 1.82) is 0 Å². The standard InChI is InChI=1S/C56H56N2/c1-37-11-15-41(16-12-37)51-33-57(47-25-21-45(22-26-47)55(5,6)7)35-53(51)43-19-29-49(39(3)31-43)50-30-20-44(32-40(50)4)54-36-58(34-52(54)42-17-13-38(2)14-18-42)48-27-23-46(24-28-48)56(8,9)10/h11-36H,1-10H3. The zero-order chi connectivity index (χ0) is 40.9. The lowest BCUT2D eigenvalue weighted by molar-refractivity contribution is 0.590. The Balaban J connectivity index is 1.15. The molecule has 0 unspecified atom stereocenters. The molecule has 0 saturated heterocycles. The Hall–Kier alpha value is -6.12. The van der Waals surface area contributed by atoms with Crippen LogP contribution in [0.25, 0.3) is 67.0 Å². The van der Waals surface area contributed by atoms with Gasteiger partial charge in [-0.3, -0.25) is 0 Å². The Morgan fingerprint density at radius 3 is 0.897 bits per heavy atom. The molecule has 2 nitrogen and oxygen atoms in total. The van der Waals surface area contributed by atoms with Crippen molar-refractivity contribution in [3.63, 3.8) is 0 Å². The van der Waals surface area contributed by atoms with Gasteiger partial charge in [0.05, 0.1) is 0 Å². The van der Waals surface area contributed by atoms with Gasteiger partial charge in [0.1, 0.15) is 0 Å². The van der Waals surface area contributed by atoms with Crippen LogP contribution in [0, 0.1) is 27.7 Å². The number of hydrogen-bond acceptors (Lipinski definition) is 0. The molecule has 2 heteroatoms. The lowest BCUT2D eigenvalue weighted by Crippen LogP contribution is -2.10. The molecular formula is C56H56N2. The molecule has 0 fully saturated rings. The lowest BCUT2D eigenvalue weighted by Gasteiger charge is -2.19. The van der Waals surface area contributed by atoms with E-state index in [4.69, 9.17) is 0 Å². The second kappa shape index (κ2) is 15.0. The average Bonchev–Trinajstić information content (AvgIpc) is 3.85. The summed E-state index contributed by atoms with van der Waals surface area (Å²) in [6, 6.07) is 49.8. The fourth-order valence-electron chi connectivity index (χ4n) is 8.13. The maximum atomic E-state index is 2.36. The van der Waals surface area contributed by atoms with Crippen LogP contribution in [-0.2, 0) is 10.8 Å². The molecule has 58 heavy (non-hydrogen) atoms. The van der Waals surface area contributed by atoms with E-state index in [1.807, 2.05) is 0 Å². The summed E-state index contributed by atoms with van der Waals surface area (Å²) in [7, 11) is 0. The molecule has 0 radical (unpaired) electrons. The van der Waals surface area contributed by atoms with Crippen molar-refractivity contribution in [2.75, 3.05) is 0 Å². The van der Waals surface area contributed by atoms with E-state index in [0.29, 0.717) is 0 Å². The van der Waals surface area contributed by atoms with Crippen molar-refractivity contribution >= 4 is 0 Å². The molecular weight excluding hydrogens is 701 g/mol. The fourth-order valence-corrected chi connectivity index (χ4v) is 8.13. The van der Waals surface area contributed by atoms with Gasteiger partial charge in [-0.1, -0.05) is 162 Å². The number of aromatic nitrogens is 2. The Morgan fingerprint density at radius 1 is 0.310 bits per heavy atom. The first-order valence-electron chi connectivity index (χ1n) is 20.6. The minimum absolute atomic E-state index is 0.112. The van der Waals surface area contributed by atoms with Crippen LogP contribution in [0.1, 0.15) is 74.9 Å². The summed E-state index contributed by atoms with van der Waals surface area (Å²) >= 11 is 0. The molecule has 8 rings (SSSR count). The van der Waals surface area contributed by atoms with E-state index >= 15 is 0 Å².